The Morgan fingerprint density at radius 3 is 2.15 bits per heavy atom. The molecule has 3 N–H and O–H groups in total. The lowest BCUT2D eigenvalue weighted by atomic mass is 10.0. The first-order chi connectivity index (χ1) is 21.9. The number of benzene rings is 2. The third-order valence-electron chi connectivity index (χ3n) is 7.12. The average Bonchev–Trinajstić information content (AvgIpc) is 3.41. The average molecular weight is 671 g/mol. The highest BCUT2D eigenvalue weighted by Crippen LogP contribution is 2.37. The van der Waals surface area contributed by atoms with Crippen LogP contribution in [-0.4, -0.2) is 83.4 Å². The lowest BCUT2D eigenvalue weighted by Gasteiger charge is -2.28. The van der Waals surface area contributed by atoms with Crippen molar-refractivity contribution in [2.75, 3.05) is 43.5 Å². The molecule has 1 aromatic heterocycles. The number of anilines is 2. The summed E-state index contributed by atoms with van der Waals surface area (Å²) in [6.45, 7) is 3.17. The molecule has 0 aliphatic carbocycles. The van der Waals surface area contributed by atoms with Gasteiger partial charge < -0.3 is 20.6 Å². The van der Waals surface area contributed by atoms with Crippen LogP contribution in [-0.2, 0) is 22.2 Å². The molecule has 0 spiro atoms. The van der Waals surface area contributed by atoms with E-state index in [-0.39, 0.29) is 47.9 Å². The number of aliphatic carboxylic acids is 1. The van der Waals surface area contributed by atoms with Gasteiger partial charge in [0.25, 0.3) is 5.91 Å². The van der Waals surface area contributed by atoms with Crippen molar-refractivity contribution in [3.63, 3.8) is 0 Å². The van der Waals surface area contributed by atoms with E-state index in [1.165, 1.54) is 34.1 Å². The molecular formula is C30H32F6N6O5. The van der Waals surface area contributed by atoms with Crippen molar-refractivity contribution in [3.8, 4) is 5.69 Å². The highest BCUT2D eigenvalue weighted by Gasteiger charge is 2.43. The van der Waals surface area contributed by atoms with Gasteiger partial charge in [-0.25, -0.2) is 9.48 Å². The number of nitrogens with zero attached hydrogens (tertiary/aromatic N) is 5. The van der Waals surface area contributed by atoms with E-state index in [0.29, 0.717) is 11.4 Å². The maximum Gasteiger partial charge on any atom is 0.490 e. The van der Waals surface area contributed by atoms with Crippen LogP contribution in [0.1, 0.15) is 51.9 Å². The van der Waals surface area contributed by atoms with Crippen LogP contribution < -0.4 is 15.5 Å². The van der Waals surface area contributed by atoms with Crippen LogP contribution in [0.3, 0.4) is 0 Å². The van der Waals surface area contributed by atoms with Crippen LogP contribution in [0.15, 0.2) is 48.5 Å². The second-order valence-electron chi connectivity index (χ2n) is 10.6. The van der Waals surface area contributed by atoms with E-state index in [1.807, 2.05) is 11.9 Å². The van der Waals surface area contributed by atoms with Gasteiger partial charge in [-0.1, -0.05) is 19.4 Å². The van der Waals surface area contributed by atoms with Crippen LogP contribution in [0.2, 0.25) is 0 Å². The summed E-state index contributed by atoms with van der Waals surface area (Å²) in [4.78, 5) is 51.8. The van der Waals surface area contributed by atoms with Gasteiger partial charge in [-0.15, -0.1) is 0 Å². The van der Waals surface area contributed by atoms with Crippen LogP contribution >= 0.6 is 0 Å². The number of hydrogen-bond donors (Lipinski definition) is 2. The Kier molecular flexibility index (Phi) is 11.4. The summed E-state index contributed by atoms with van der Waals surface area (Å²) in [6.07, 6.45) is -7.91. The molecule has 2 aromatic carbocycles. The van der Waals surface area contributed by atoms with Gasteiger partial charge in [0.2, 0.25) is 11.8 Å². The summed E-state index contributed by atoms with van der Waals surface area (Å²) in [5.41, 5.74) is 5.04. The van der Waals surface area contributed by atoms with E-state index in [4.69, 9.17) is 15.6 Å². The number of carbonyl (C=O) groups is 4. The number of likely N-dealkylation sites (N-methyl/N-ethyl adjacent to an activating group) is 2. The van der Waals surface area contributed by atoms with E-state index in [0.717, 1.165) is 24.1 Å². The molecule has 1 aliphatic heterocycles. The van der Waals surface area contributed by atoms with Crippen molar-refractivity contribution in [3.05, 3.63) is 71.0 Å². The molecule has 1 aliphatic rings. The first kappa shape index (κ1) is 36.5. The molecule has 3 amide bonds. The Morgan fingerprint density at radius 1 is 1.00 bits per heavy atom. The Balaban J connectivity index is 0.000000771. The number of hydrogen-bond acceptors (Lipinski definition) is 6. The van der Waals surface area contributed by atoms with Gasteiger partial charge in [0.05, 0.1) is 12.2 Å². The topological polar surface area (TPSA) is 142 Å². The number of aromatic nitrogens is 2. The number of unbranched alkanes of at least 4 members (excludes halogenated alkanes) is 1. The molecule has 17 heteroatoms. The predicted octanol–water partition coefficient (Wildman–Crippen LogP) is 4.52. The fourth-order valence-corrected chi connectivity index (χ4v) is 4.66. The third kappa shape index (κ3) is 8.87. The molecule has 0 bridgehead atoms. The summed E-state index contributed by atoms with van der Waals surface area (Å²) < 4.78 is 74.3. The highest BCUT2D eigenvalue weighted by molar-refractivity contribution is 6.08. The van der Waals surface area contributed by atoms with Gasteiger partial charge in [0.15, 0.2) is 5.69 Å². The molecule has 3 aromatic rings. The zero-order chi connectivity index (χ0) is 35.3. The molecule has 0 saturated carbocycles. The number of fused-ring (bicyclic) bond motifs is 1. The number of nitrogens with two attached hydrogens (primary N) is 1. The standard InChI is InChI=1S/C28H31F3N6O3.C2HF3O2/c1-4-5-14-34(2)17-23(38)35(3)19-9-11-20(12-10-19)36-15-13-22-24(27(36)40)37(33-25(22)28(29,30)31)21-8-6-7-18(16-21)26(32)39;3-2(4,5)1(6)7/h6-12,16H,4-5,13-15,17H2,1-3H3,(H2,32,39);(H,6,7). The van der Waals surface area contributed by atoms with Gasteiger partial charge in [-0.2, -0.15) is 31.4 Å². The van der Waals surface area contributed by atoms with Crippen molar-refractivity contribution in [2.24, 2.45) is 5.73 Å². The van der Waals surface area contributed by atoms with Gasteiger partial charge in [0, 0.05) is 36.1 Å². The van der Waals surface area contributed by atoms with E-state index in [2.05, 4.69) is 12.0 Å². The number of alkyl halides is 6. The second-order valence-corrected chi connectivity index (χ2v) is 10.6. The molecule has 254 valence electrons. The van der Waals surface area contributed by atoms with Crippen molar-refractivity contribution >= 4 is 35.1 Å². The number of primary amides is 1. The molecule has 4 rings (SSSR count). The van der Waals surface area contributed by atoms with Gasteiger partial charge in [0.1, 0.15) is 5.69 Å². The quantitative estimate of drug-likeness (QED) is 0.319. The zero-order valence-corrected chi connectivity index (χ0v) is 25.5. The molecule has 0 radical (unpaired) electrons. The van der Waals surface area contributed by atoms with Crippen molar-refractivity contribution in [1.82, 2.24) is 14.7 Å². The monoisotopic (exact) mass is 670 g/mol. The van der Waals surface area contributed by atoms with E-state index >= 15 is 0 Å². The van der Waals surface area contributed by atoms with Gasteiger partial charge >= 0.3 is 18.3 Å². The normalized spacial score (nSPS) is 13.1. The Morgan fingerprint density at radius 2 is 1.62 bits per heavy atom. The highest BCUT2D eigenvalue weighted by atomic mass is 19.4. The number of carboxylic acid groups (broad SMARTS) is 1. The SMILES string of the molecule is CCCCN(C)CC(=O)N(C)c1ccc(N2CCc3c(C(F)(F)F)nn(-c4cccc(C(N)=O)c4)c3C2=O)cc1.O=C(O)C(F)(F)F. The number of amides is 3. The molecule has 0 fully saturated rings. The van der Waals surface area contributed by atoms with Gasteiger partial charge in [-0.3, -0.25) is 19.3 Å². The predicted molar refractivity (Wildman–Crippen MR) is 158 cm³/mol. The van der Waals surface area contributed by atoms with Crippen LogP contribution in [0.4, 0.5) is 37.7 Å². The number of carboxylic acids is 1. The van der Waals surface area contributed by atoms with Crippen molar-refractivity contribution < 1.29 is 50.6 Å². The lowest BCUT2D eigenvalue weighted by Crippen LogP contribution is -2.39. The smallest absolute Gasteiger partial charge is 0.475 e. The maximum absolute atomic E-state index is 13.9. The Hall–Kier alpha value is -4.93. The largest absolute Gasteiger partial charge is 0.490 e. The van der Waals surface area contributed by atoms with Crippen molar-refractivity contribution in [2.45, 2.75) is 38.5 Å². The summed E-state index contributed by atoms with van der Waals surface area (Å²) in [5.74, 6) is -4.27. The van der Waals surface area contributed by atoms with Crippen LogP contribution in [0.25, 0.3) is 5.69 Å². The molecule has 11 nitrogen and oxygen atoms in total. The first-order valence-electron chi connectivity index (χ1n) is 14.1. The van der Waals surface area contributed by atoms with E-state index < -0.39 is 35.8 Å². The molecule has 2 heterocycles. The number of rotatable bonds is 9. The molecular weight excluding hydrogens is 638 g/mol. The summed E-state index contributed by atoms with van der Waals surface area (Å²) in [5, 5.41) is 10.9. The Labute approximate surface area is 265 Å². The minimum absolute atomic E-state index is 0.0122. The van der Waals surface area contributed by atoms with Gasteiger partial charge in [-0.05, 0) is 68.9 Å². The molecule has 47 heavy (non-hydrogen) atoms. The van der Waals surface area contributed by atoms with Crippen LogP contribution in [0.5, 0.6) is 0 Å². The lowest BCUT2D eigenvalue weighted by molar-refractivity contribution is -0.192. The number of halogens is 6. The minimum atomic E-state index is -5.08. The van der Waals surface area contributed by atoms with E-state index in [9.17, 15) is 40.7 Å². The molecule has 0 saturated heterocycles. The third-order valence-corrected chi connectivity index (χ3v) is 7.12. The second kappa shape index (κ2) is 14.7. The zero-order valence-electron chi connectivity index (χ0n) is 25.5. The fourth-order valence-electron chi connectivity index (χ4n) is 4.66. The van der Waals surface area contributed by atoms with Crippen LogP contribution in [0, 0.1) is 0 Å². The maximum atomic E-state index is 13.9. The fraction of sp³-hybridized carbons (Fsp3) is 0.367. The molecule has 0 atom stereocenters. The first-order valence-corrected chi connectivity index (χ1v) is 14.1. The number of carbonyl (C=O) groups excluding carboxylic acids is 3. The Bertz CT molecular complexity index is 1620. The van der Waals surface area contributed by atoms with E-state index in [1.54, 1.807) is 31.3 Å². The molecule has 0 unspecified atom stereocenters. The minimum Gasteiger partial charge on any atom is -0.475 e. The summed E-state index contributed by atoms with van der Waals surface area (Å²) >= 11 is 0. The summed E-state index contributed by atoms with van der Waals surface area (Å²) in [7, 11) is 3.56. The summed E-state index contributed by atoms with van der Waals surface area (Å²) in [6, 6.07) is 12.3. The van der Waals surface area contributed by atoms with Crippen molar-refractivity contribution in [1.29, 1.82) is 0 Å².